The maximum Gasteiger partial charge on any atom is 0.248 e. The molecule has 1 aromatic carbocycles. The van der Waals surface area contributed by atoms with Crippen LogP contribution in [0.4, 0.5) is 5.69 Å². The second-order valence-corrected chi connectivity index (χ2v) is 11.6. The molecule has 1 N–H and O–H groups in total. The summed E-state index contributed by atoms with van der Waals surface area (Å²) >= 11 is 0. The fraction of sp³-hybridized carbons (Fsp3) is 0.759. The van der Waals surface area contributed by atoms with Gasteiger partial charge in [0.15, 0.2) is 0 Å². The first kappa shape index (κ1) is 26.7. The predicted octanol–water partition coefficient (Wildman–Crippen LogP) is 3.11. The summed E-state index contributed by atoms with van der Waals surface area (Å²) in [6.45, 7) is 10.3. The number of carbonyl (C=O) groups is 1. The number of rotatable bonds is 8. The normalized spacial score (nSPS) is 29.0. The third-order valence-electron chi connectivity index (χ3n) is 8.85. The van der Waals surface area contributed by atoms with E-state index in [1.54, 1.807) is 7.11 Å². The van der Waals surface area contributed by atoms with Gasteiger partial charge in [-0.15, -0.1) is 0 Å². The number of hydrogen-bond acceptors (Lipinski definition) is 7. The molecule has 0 radical (unpaired) electrons. The first-order valence-corrected chi connectivity index (χ1v) is 14.4. The molecule has 0 saturated carbocycles. The third-order valence-corrected chi connectivity index (χ3v) is 8.85. The molecular weight excluding hydrogens is 468 g/mol. The van der Waals surface area contributed by atoms with Crippen LogP contribution in [0.25, 0.3) is 0 Å². The van der Waals surface area contributed by atoms with Crippen molar-refractivity contribution in [2.75, 3.05) is 71.0 Å². The summed E-state index contributed by atoms with van der Waals surface area (Å²) in [6.07, 6.45) is 7.66. The summed E-state index contributed by atoms with van der Waals surface area (Å²) in [6, 6.07) is 8.79. The number of nitrogens with one attached hydrogen (secondary N) is 1. The molecule has 5 rings (SSSR count). The van der Waals surface area contributed by atoms with Crippen molar-refractivity contribution in [2.45, 2.75) is 69.7 Å². The number of carbonyl (C=O) groups excluding carboxylic acids is 1. The lowest BCUT2D eigenvalue weighted by Gasteiger charge is -2.50. The van der Waals surface area contributed by atoms with E-state index in [2.05, 4.69) is 51.2 Å². The Hall–Kier alpha value is -1.87. The van der Waals surface area contributed by atoms with Crippen LogP contribution in [0, 0.1) is 5.92 Å². The first-order valence-electron chi connectivity index (χ1n) is 14.4. The highest BCUT2D eigenvalue weighted by Crippen LogP contribution is 2.34. The number of likely N-dealkylation sites (tertiary alicyclic amines) is 1. The number of nitrogens with zero attached hydrogens (tertiary/aromatic N) is 3. The second-order valence-electron chi connectivity index (χ2n) is 11.6. The molecule has 2 unspecified atom stereocenters. The molecule has 1 aromatic rings. The molecule has 8 nitrogen and oxygen atoms in total. The maximum atomic E-state index is 12.7. The molecule has 0 bridgehead atoms. The standard InChI is InChI=1S/C29H46N4O4/c1-23-5-3-14-31(20-23)15-4-18-36-26-9-6-24(7-10-26)32-16-12-29(13-17-32)22-33(28(34)21-37-29)25-8-11-27(35-2)30-19-25/h6-7,9-10,23,25,27,30H,3-5,8,11-22H2,1-2H3/t23-,25?,27?/m0/s1. The van der Waals surface area contributed by atoms with Gasteiger partial charge in [0.2, 0.25) is 5.91 Å². The molecule has 4 saturated heterocycles. The van der Waals surface area contributed by atoms with E-state index in [1.165, 1.54) is 31.6 Å². The van der Waals surface area contributed by atoms with Gasteiger partial charge in [-0.1, -0.05) is 6.92 Å². The zero-order valence-electron chi connectivity index (χ0n) is 22.8. The monoisotopic (exact) mass is 514 g/mol. The number of methoxy groups -OCH3 is 1. The Morgan fingerprint density at radius 1 is 1.11 bits per heavy atom. The van der Waals surface area contributed by atoms with E-state index >= 15 is 0 Å². The van der Waals surface area contributed by atoms with E-state index < -0.39 is 0 Å². The van der Waals surface area contributed by atoms with Crippen molar-refractivity contribution in [3.05, 3.63) is 24.3 Å². The zero-order valence-corrected chi connectivity index (χ0v) is 22.8. The summed E-state index contributed by atoms with van der Waals surface area (Å²) in [5.74, 6) is 1.90. The van der Waals surface area contributed by atoms with Crippen LogP contribution in [0.5, 0.6) is 5.75 Å². The van der Waals surface area contributed by atoms with E-state index in [0.717, 1.165) is 76.6 Å². The fourth-order valence-electron chi connectivity index (χ4n) is 6.55. The average molecular weight is 515 g/mol. The molecule has 4 aliphatic heterocycles. The summed E-state index contributed by atoms with van der Waals surface area (Å²) in [5.41, 5.74) is 1.01. The summed E-state index contributed by atoms with van der Waals surface area (Å²) < 4.78 is 17.7. The molecule has 0 aromatic heterocycles. The molecule has 37 heavy (non-hydrogen) atoms. The van der Waals surface area contributed by atoms with Crippen LogP contribution in [0.3, 0.4) is 0 Å². The van der Waals surface area contributed by atoms with Crippen molar-refractivity contribution >= 4 is 11.6 Å². The van der Waals surface area contributed by atoms with Gasteiger partial charge in [-0.2, -0.15) is 0 Å². The molecule has 1 spiro atoms. The van der Waals surface area contributed by atoms with E-state index in [-0.39, 0.29) is 30.4 Å². The smallest absolute Gasteiger partial charge is 0.248 e. The lowest BCUT2D eigenvalue weighted by Crippen LogP contribution is -2.63. The largest absolute Gasteiger partial charge is 0.494 e. The van der Waals surface area contributed by atoms with Crippen molar-refractivity contribution in [1.82, 2.24) is 15.1 Å². The van der Waals surface area contributed by atoms with Gasteiger partial charge in [0, 0.05) is 51.6 Å². The Morgan fingerprint density at radius 2 is 1.92 bits per heavy atom. The highest BCUT2D eigenvalue weighted by Gasteiger charge is 2.44. The number of anilines is 1. The van der Waals surface area contributed by atoms with Crippen molar-refractivity contribution in [1.29, 1.82) is 0 Å². The quantitative estimate of drug-likeness (QED) is 0.535. The summed E-state index contributed by atoms with van der Waals surface area (Å²) in [4.78, 5) is 19.8. The molecule has 0 aliphatic carbocycles. The maximum absolute atomic E-state index is 12.7. The lowest BCUT2D eigenvalue weighted by atomic mass is 9.88. The van der Waals surface area contributed by atoms with Gasteiger partial charge in [-0.3, -0.25) is 10.1 Å². The molecule has 1 amide bonds. The number of ether oxygens (including phenoxy) is 3. The zero-order chi connectivity index (χ0) is 25.7. The highest BCUT2D eigenvalue weighted by molar-refractivity contribution is 5.78. The SMILES string of the molecule is COC1CCC(N2CC3(CCN(c4ccc(OCCCN5CCC[C@H](C)C5)cc4)CC3)OCC2=O)CN1. The van der Waals surface area contributed by atoms with Gasteiger partial charge in [0.25, 0.3) is 0 Å². The Kier molecular flexibility index (Phi) is 8.90. The highest BCUT2D eigenvalue weighted by atomic mass is 16.5. The van der Waals surface area contributed by atoms with Crippen molar-refractivity contribution < 1.29 is 19.0 Å². The lowest BCUT2D eigenvalue weighted by molar-refractivity contribution is -0.172. The average Bonchev–Trinajstić information content (AvgIpc) is 2.94. The molecule has 4 aliphatic rings. The first-order chi connectivity index (χ1) is 18.0. The fourth-order valence-corrected chi connectivity index (χ4v) is 6.55. The van der Waals surface area contributed by atoms with Gasteiger partial charge in [0.05, 0.1) is 18.8 Å². The number of benzene rings is 1. The van der Waals surface area contributed by atoms with E-state index in [4.69, 9.17) is 14.2 Å². The minimum atomic E-state index is -0.224. The predicted molar refractivity (Wildman–Crippen MR) is 145 cm³/mol. The molecule has 4 heterocycles. The van der Waals surface area contributed by atoms with Crippen LogP contribution in [-0.2, 0) is 14.3 Å². The van der Waals surface area contributed by atoms with E-state index in [1.807, 2.05) is 0 Å². The molecular formula is C29H46N4O4. The number of amides is 1. The molecule has 3 atom stereocenters. The molecule has 4 fully saturated rings. The van der Waals surface area contributed by atoms with E-state index in [9.17, 15) is 4.79 Å². The second kappa shape index (κ2) is 12.3. The van der Waals surface area contributed by atoms with Crippen molar-refractivity contribution in [3.8, 4) is 5.75 Å². The van der Waals surface area contributed by atoms with Crippen LogP contribution < -0.4 is 15.0 Å². The van der Waals surface area contributed by atoms with Gasteiger partial charge >= 0.3 is 0 Å². The number of morpholine rings is 1. The minimum Gasteiger partial charge on any atom is -0.494 e. The van der Waals surface area contributed by atoms with Gasteiger partial charge in [-0.25, -0.2) is 0 Å². The van der Waals surface area contributed by atoms with Gasteiger partial charge in [0.1, 0.15) is 18.6 Å². The van der Waals surface area contributed by atoms with Gasteiger partial charge < -0.3 is 28.9 Å². The number of piperidine rings is 3. The van der Waals surface area contributed by atoms with Crippen LogP contribution in [-0.4, -0.2) is 99.7 Å². The Bertz CT molecular complexity index is 865. The Balaban J connectivity index is 1.06. The van der Waals surface area contributed by atoms with Gasteiger partial charge in [-0.05, 0) is 81.7 Å². The van der Waals surface area contributed by atoms with Crippen molar-refractivity contribution in [3.63, 3.8) is 0 Å². The van der Waals surface area contributed by atoms with E-state index in [0.29, 0.717) is 6.54 Å². The van der Waals surface area contributed by atoms with Crippen LogP contribution in [0.15, 0.2) is 24.3 Å². The van der Waals surface area contributed by atoms with Crippen LogP contribution in [0.1, 0.15) is 51.9 Å². The Morgan fingerprint density at radius 3 is 2.62 bits per heavy atom. The van der Waals surface area contributed by atoms with Crippen LogP contribution in [0.2, 0.25) is 0 Å². The summed E-state index contributed by atoms with van der Waals surface area (Å²) in [7, 11) is 1.73. The Labute approximate surface area is 222 Å². The summed E-state index contributed by atoms with van der Waals surface area (Å²) in [5, 5.41) is 3.42. The molecule has 206 valence electrons. The topological polar surface area (TPSA) is 66.5 Å². The minimum absolute atomic E-state index is 0.102. The molecule has 8 heteroatoms. The number of hydrogen-bond donors (Lipinski definition) is 1. The third kappa shape index (κ3) is 6.77. The van der Waals surface area contributed by atoms with Crippen molar-refractivity contribution in [2.24, 2.45) is 5.92 Å². The van der Waals surface area contributed by atoms with Crippen LogP contribution >= 0.6 is 0 Å².